The van der Waals surface area contributed by atoms with Crippen molar-refractivity contribution in [2.45, 2.75) is 77.2 Å². The molecule has 5 rings (SSSR count). The predicted octanol–water partition coefficient (Wildman–Crippen LogP) is 4.42. The molecule has 4 aliphatic rings. The van der Waals surface area contributed by atoms with Crippen molar-refractivity contribution in [2.75, 3.05) is 19.7 Å². The Labute approximate surface area is 198 Å². The summed E-state index contributed by atoms with van der Waals surface area (Å²) in [6.07, 6.45) is 0.496. The van der Waals surface area contributed by atoms with E-state index in [1.54, 1.807) is 6.07 Å². The van der Waals surface area contributed by atoms with E-state index in [0.717, 1.165) is 50.3 Å². The molecular formula is C26H33F3N2O3. The number of likely N-dealkylation sites (tertiary alicyclic amines) is 1. The molecule has 0 N–H and O–H groups in total. The summed E-state index contributed by atoms with van der Waals surface area (Å²) in [7, 11) is 0. The van der Waals surface area contributed by atoms with Crippen molar-refractivity contribution in [2.24, 2.45) is 17.3 Å². The number of piperidine rings is 1. The molecule has 5 nitrogen and oxygen atoms in total. The summed E-state index contributed by atoms with van der Waals surface area (Å²) in [6.45, 7) is 6.23. The number of alkyl halides is 3. The molecular weight excluding hydrogens is 445 g/mol. The number of amides is 1. The highest BCUT2D eigenvalue weighted by Crippen LogP contribution is 2.55. The minimum atomic E-state index is -4.38. The third-order valence-corrected chi connectivity index (χ3v) is 8.95. The Hall–Kier alpha value is -2.09. The maximum Gasteiger partial charge on any atom is 0.416 e. The van der Waals surface area contributed by atoms with Crippen molar-refractivity contribution < 1.29 is 27.5 Å². The second kappa shape index (κ2) is 8.54. The molecule has 34 heavy (non-hydrogen) atoms. The Morgan fingerprint density at radius 3 is 2.76 bits per heavy atom. The number of fused-ring (bicyclic) bond motifs is 2. The summed E-state index contributed by atoms with van der Waals surface area (Å²) in [5.74, 6) is 0.0181. The summed E-state index contributed by atoms with van der Waals surface area (Å²) in [4.78, 5) is 30.3. The molecule has 1 aromatic rings. The Bertz CT molecular complexity index is 981. The fraction of sp³-hybridized carbons (Fsp3) is 0.692. The first-order valence-corrected chi connectivity index (χ1v) is 12.5. The number of carbonyl (C=O) groups is 2. The van der Waals surface area contributed by atoms with Gasteiger partial charge in [-0.1, -0.05) is 13.0 Å². The summed E-state index contributed by atoms with van der Waals surface area (Å²) in [5, 5.41) is 0. The second-order valence-electron chi connectivity index (χ2n) is 10.6. The van der Waals surface area contributed by atoms with Gasteiger partial charge in [0.25, 0.3) is 0 Å². The highest BCUT2D eigenvalue weighted by atomic mass is 19.4. The number of hydrogen-bond acceptors (Lipinski definition) is 4. The molecule has 0 bridgehead atoms. The Balaban J connectivity index is 1.32. The van der Waals surface area contributed by atoms with Gasteiger partial charge >= 0.3 is 12.1 Å². The maximum atomic E-state index is 13.8. The molecule has 1 spiro atoms. The fourth-order valence-corrected chi connectivity index (χ4v) is 7.06. The summed E-state index contributed by atoms with van der Waals surface area (Å²) < 4.78 is 44.9. The van der Waals surface area contributed by atoms with Gasteiger partial charge in [-0.2, -0.15) is 13.2 Å². The molecule has 5 atom stereocenters. The van der Waals surface area contributed by atoms with Gasteiger partial charge in [0.05, 0.1) is 23.5 Å². The van der Waals surface area contributed by atoms with Crippen LogP contribution < -0.4 is 0 Å². The molecule has 186 valence electrons. The number of benzene rings is 1. The van der Waals surface area contributed by atoms with E-state index in [0.29, 0.717) is 25.1 Å². The fourth-order valence-electron chi connectivity index (χ4n) is 7.06. The van der Waals surface area contributed by atoms with Crippen molar-refractivity contribution in [1.82, 2.24) is 9.80 Å². The lowest BCUT2D eigenvalue weighted by Crippen LogP contribution is -2.45. The number of halogens is 3. The van der Waals surface area contributed by atoms with Crippen molar-refractivity contribution in [3.05, 3.63) is 34.9 Å². The number of nitrogens with zero attached hydrogens (tertiary/aromatic N) is 2. The highest BCUT2D eigenvalue weighted by Gasteiger charge is 2.60. The normalized spacial score (nSPS) is 33.8. The van der Waals surface area contributed by atoms with E-state index in [9.17, 15) is 22.8 Å². The van der Waals surface area contributed by atoms with Crippen molar-refractivity contribution in [3.8, 4) is 0 Å². The van der Waals surface area contributed by atoms with Crippen LogP contribution in [0.3, 0.4) is 0 Å². The molecule has 1 amide bonds. The number of hydrogen-bond donors (Lipinski definition) is 0. The standard InChI is InChI=1S/C26H33F3N2O3/c1-3-34-23(32)18-5-4-10-30(14-18)21-8-9-25(13-21)16(2)22-12-17-6-7-20(26(27,28)29)11-19(17)15-31(22)24(25)33/h6-7,11,16,18,21-22H,3-5,8-10,12-15H2,1-2H3. The van der Waals surface area contributed by atoms with E-state index in [4.69, 9.17) is 4.74 Å². The molecule has 3 fully saturated rings. The van der Waals surface area contributed by atoms with Crippen LogP contribution in [0.4, 0.5) is 13.2 Å². The van der Waals surface area contributed by atoms with Crippen molar-refractivity contribution in [1.29, 1.82) is 0 Å². The first-order valence-electron chi connectivity index (χ1n) is 12.5. The lowest BCUT2D eigenvalue weighted by Gasteiger charge is -2.37. The average Bonchev–Trinajstić information content (AvgIpc) is 3.35. The highest BCUT2D eigenvalue weighted by molar-refractivity contribution is 5.87. The van der Waals surface area contributed by atoms with Gasteiger partial charge in [0.2, 0.25) is 5.91 Å². The average molecular weight is 479 g/mol. The van der Waals surface area contributed by atoms with Crippen LogP contribution in [0.1, 0.15) is 62.6 Å². The first-order chi connectivity index (χ1) is 16.1. The van der Waals surface area contributed by atoms with Gasteiger partial charge in [0.15, 0.2) is 0 Å². The van der Waals surface area contributed by atoms with E-state index >= 15 is 0 Å². The van der Waals surface area contributed by atoms with E-state index < -0.39 is 17.2 Å². The summed E-state index contributed by atoms with van der Waals surface area (Å²) >= 11 is 0. The van der Waals surface area contributed by atoms with Crippen molar-refractivity contribution >= 4 is 11.9 Å². The number of rotatable bonds is 3. The SMILES string of the molecule is CCOC(=O)C1CCCN(C2CCC3(C2)C(=O)N2Cc4cc(C(F)(F)F)ccc4CC2C3C)C1. The smallest absolute Gasteiger partial charge is 0.416 e. The van der Waals surface area contributed by atoms with Gasteiger partial charge in [-0.25, -0.2) is 0 Å². The third kappa shape index (κ3) is 3.82. The van der Waals surface area contributed by atoms with Crippen LogP contribution in [-0.4, -0.2) is 53.5 Å². The van der Waals surface area contributed by atoms with Gasteiger partial charge in [-0.15, -0.1) is 0 Å². The molecule has 3 heterocycles. The molecule has 2 saturated heterocycles. The van der Waals surface area contributed by atoms with Crippen LogP contribution in [-0.2, 0) is 33.5 Å². The number of esters is 1. The minimum Gasteiger partial charge on any atom is -0.466 e. The van der Waals surface area contributed by atoms with Gasteiger partial charge < -0.3 is 9.64 Å². The summed E-state index contributed by atoms with van der Waals surface area (Å²) in [6, 6.07) is 4.26. The van der Waals surface area contributed by atoms with Crippen LogP contribution >= 0.6 is 0 Å². The van der Waals surface area contributed by atoms with Gasteiger partial charge in [0.1, 0.15) is 0 Å². The molecule has 1 aromatic carbocycles. The molecule has 1 aliphatic carbocycles. The van der Waals surface area contributed by atoms with Crippen LogP contribution in [0.2, 0.25) is 0 Å². The van der Waals surface area contributed by atoms with Crippen LogP contribution in [0.25, 0.3) is 0 Å². The van der Waals surface area contributed by atoms with Crippen LogP contribution in [0.5, 0.6) is 0 Å². The zero-order valence-electron chi connectivity index (χ0n) is 19.9. The molecule has 0 aromatic heterocycles. The molecule has 5 unspecified atom stereocenters. The van der Waals surface area contributed by atoms with Crippen LogP contribution in [0, 0.1) is 17.3 Å². The van der Waals surface area contributed by atoms with E-state index in [1.807, 2.05) is 11.8 Å². The van der Waals surface area contributed by atoms with Crippen molar-refractivity contribution in [3.63, 3.8) is 0 Å². The Morgan fingerprint density at radius 1 is 1.24 bits per heavy atom. The quantitative estimate of drug-likeness (QED) is 0.604. The van der Waals surface area contributed by atoms with Crippen LogP contribution in [0.15, 0.2) is 18.2 Å². The lowest BCUT2D eigenvalue weighted by molar-refractivity contribution is -0.150. The van der Waals surface area contributed by atoms with Gasteiger partial charge in [-0.3, -0.25) is 14.5 Å². The van der Waals surface area contributed by atoms with Gasteiger partial charge in [0, 0.05) is 25.2 Å². The zero-order valence-corrected chi connectivity index (χ0v) is 19.9. The minimum absolute atomic E-state index is 0.0316. The van der Waals surface area contributed by atoms with E-state index in [1.165, 1.54) is 6.07 Å². The van der Waals surface area contributed by atoms with E-state index in [2.05, 4.69) is 11.8 Å². The third-order valence-electron chi connectivity index (χ3n) is 8.95. The Morgan fingerprint density at radius 2 is 2.03 bits per heavy atom. The Kier molecular flexibility index (Phi) is 5.94. The monoisotopic (exact) mass is 478 g/mol. The topological polar surface area (TPSA) is 49.9 Å². The lowest BCUT2D eigenvalue weighted by atomic mass is 9.73. The van der Waals surface area contributed by atoms with E-state index in [-0.39, 0.29) is 42.3 Å². The molecule has 0 radical (unpaired) electrons. The molecule has 8 heteroatoms. The number of ether oxygens (including phenoxy) is 1. The second-order valence-corrected chi connectivity index (χ2v) is 10.6. The van der Waals surface area contributed by atoms with Gasteiger partial charge in [-0.05, 0) is 81.2 Å². The molecule has 1 saturated carbocycles. The predicted molar refractivity (Wildman–Crippen MR) is 120 cm³/mol. The summed E-state index contributed by atoms with van der Waals surface area (Å²) in [5.41, 5.74) is 0.433. The maximum absolute atomic E-state index is 13.8. The first kappa shape index (κ1) is 23.6. The molecule has 3 aliphatic heterocycles. The number of carbonyl (C=O) groups excluding carboxylic acids is 2. The largest absolute Gasteiger partial charge is 0.466 e. The zero-order chi connectivity index (χ0) is 24.3.